The van der Waals surface area contributed by atoms with E-state index in [0.717, 1.165) is 13.0 Å². The van der Waals surface area contributed by atoms with Crippen molar-refractivity contribution in [1.29, 1.82) is 0 Å². The average Bonchev–Trinajstić information content (AvgIpc) is 2.87. The van der Waals surface area contributed by atoms with Crippen molar-refractivity contribution in [2.45, 2.75) is 58.7 Å². The van der Waals surface area contributed by atoms with Crippen LogP contribution in [0.25, 0.3) is 0 Å². The van der Waals surface area contributed by atoms with Gasteiger partial charge in [-0.1, -0.05) is 27.7 Å². The van der Waals surface area contributed by atoms with E-state index in [4.69, 9.17) is 0 Å². The van der Waals surface area contributed by atoms with Crippen molar-refractivity contribution in [3.05, 3.63) is 35.6 Å². The number of carbonyl (C=O) groups excluding carboxylic acids is 2. The van der Waals surface area contributed by atoms with Crippen LogP contribution in [-0.2, 0) is 4.79 Å². The summed E-state index contributed by atoms with van der Waals surface area (Å²) in [5, 5.41) is 3.64. The van der Waals surface area contributed by atoms with Crippen molar-refractivity contribution in [1.82, 2.24) is 15.1 Å². The summed E-state index contributed by atoms with van der Waals surface area (Å²) in [4.78, 5) is 29.7. The smallest absolute Gasteiger partial charge is 0.253 e. The molecule has 0 aliphatic carbocycles. The van der Waals surface area contributed by atoms with Crippen LogP contribution in [0, 0.1) is 17.7 Å². The van der Waals surface area contributed by atoms with Crippen molar-refractivity contribution >= 4 is 11.8 Å². The van der Waals surface area contributed by atoms with E-state index < -0.39 is 0 Å². The second-order valence-electron chi connectivity index (χ2n) is 9.00. The first-order valence-corrected chi connectivity index (χ1v) is 10.4. The van der Waals surface area contributed by atoms with Gasteiger partial charge in [0.05, 0.1) is 11.7 Å². The van der Waals surface area contributed by atoms with Crippen LogP contribution in [0.2, 0.25) is 0 Å². The van der Waals surface area contributed by atoms with Gasteiger partial charge < -0.3 is 9.80 Å². The minimum Gasteiger partial charge on any atom is -0.338 e. The third-order valence-corrected chi connectivity index (χ3v) is 5.75. The molecule has 154 valence electrons. The molecule has 5 nitrogen and oxygen atoms in total. The second-order valence-corrected chi connectivity index (χ2v) is 9.00. The highest BCUT2D eigenvalue weighted by atomic mass is 19.1. The van der Waals surface area contributed by atoms with Crippen molar-refractivity contribution < 1.29 is 14.0 Å². The van der Waals surface area contributed by atoms with E-state index in [1.165, 1.54) is 24.3 Å². The lowest BCUT2D eigenvalue weighted by Gasteiger charge is -2.45. The Morgan fingerprint density at radius 1 is 1.14 bits per heavy atom. The monoisotopic (exact) mass is 389 g/mol. The third-order valence-electron chi connectivity index (χ3n) is 5.75. The highest BCUT2D eigenvalue weighted by molar-refractivity contribution is 5.94. The number of nitrogens with zero attached hydrogens (tertiary/aromatic N) is 2. The summed E-state index contributed by atoms with van der Waals surface area (Å²) in [5.74, 6) is 0.606. The first-order valence-electron chi connectivity index (χ1n) is 10.4. The van der Waals surface area contributed by atoms with E-state index in [-0.39, 0.29) is 29.3 Å². The first-order chi connectivity index (χ1) is 13.2. The number of nitrogens with one attached hydrogen (secondary N) is 1. The number of likely N-dealkylation sites (tertiary alicyclic amines) is 1. The zero-order valence-electron chi connectivity index (χ0n) is 17.4. The lowest BCUT2D eigenvalue weighted by molar-refractivity contribution is -0.134. The lowest BCUT2D eigenvalue weighted by atomic mass is 9.94. The molecule has 1 atom stereocenters. The Balaban J connectivity index is 1.72. The predicted molar refractivity (Wildman–Crippen MR) is 107 cm³/mol. The molecule has 2 fully saturated rings. The van der Waals surface area contributed by atoms with Crippen LogP contribution in [-0.4, -0.2) is 53.0 Å². The fourth-order valence-corrected chi connectivity index (χ4v) is 4.39. The Morgan fingerprint density at radius 2 is 1.75 bits per heavy atom. The van der Waals surface area contributed by atoms with Gasteiger partial charge in [-0.3, -0.25) is 14.9 Å². The molecule has 2 amide bonds. The number of halogens is 1. The van der Waals surface area contributed by atoms with E-state index in [1.807, 2.05) is 9.80 Å². The van der Waals surface area contributed by atoms with Gasteiger partial charge in [0.1, 0.15) is 5.82 Å². The number of hydrogen-bond acceptors (Lipinski definition) is 3. The Morgan fingerprint density at radius 3 is 2.29 bits per heavy atom. The fourth-order valence-electron chi connectivity index (χ4n) is 4.39. The topological polar surface area (TPSA) is 52.7 Å². The van der Waals surface area contributed by atoms with Crippen LogP contribution in [0.1, 0.15) is 57.3 Å². The quantitative estimate of drug-likeness (QED) is 0.841. The number of carbonyl (C=O) groups is 2. The molecule has 1 spiro atoms. The normalized spacial score (nSPS) is 22.0. The molecular weight excluding hydrogens is 357 g/mol. The summed E-state index contributed by atoms with van der Waals surface area (Å²) >= 11 is 0. The highest BCUT2D eigenvalue weighted by Crippen LogP contribution is 2.35. The summed E-state index contributed by atoms with van der Waals surface area (Å²) in [6, 6.07) is 5.55. The van der Waals surface area contributed by atoms with Crippen molar-refractivity contribution in [2.75, 3.05) is 19.6 Å². The third kappa shape index (κ3) is 4.22. The minimum absolute atomic E-state index is 0.0756. The van der Waals surface area contributed by atoms with Crippen LogP contribution in [0.4, 0.5) is 4.39 Å². The van der Waals surface area contributed by atoms with Gasteiger partial charge >= 0.3 is 0 Å². The Labute approximate surface area is 167 Å². The predicted octanol–water partition coefficient (Wildman–Crippen LogP) is 3.26. The Kier molecular flexibility index (Phi) is 6.08. The standard InChI is InChI=1S/C22H32FN3O2/c1-15(2)13-19-21(28)26(14-16(3)4)22(24-19)9-11-25(12-10-22)20(27)17-5-7-18(23)8-6-17/h5-8,15-16,19,24H,9-14H2,1-4H3/t19-/m0/s1. The molecule has 2 saturated heterocycles. The van der Waals surface area contributed by atoms with Gasteiger partial charge in [0, 0.05) is 38.0 Å². The molecule has 0 aromatic heterocycles. The maximum Gasteiger partial charge on any atom is 0.253 e. The van der Waals surface area contributed by atoms with E-state index in [1.54, 1.807) is 0 Å². The van der Waals surface area contributed by atoms with Crippen molar-refractivity contribution in [2.24, 2.45) is 11.8 Å². The van der Waals surface area contributed by atoms with Gasteiger partial charge in [0.2, 0.25) is 5.91 Å². The highest BCUT2D eigenvalue weighted by Gasteiger charge is 2.51. The molecule has 1 aromatic rings. The number of rotatable bonds is 5. The van der Waals surface area contributed by atoms with Crippen molar-refractivity contribution in [3.63, 3.8) is 0 Å². The van der Waals surface area contributed by atoms with Gasteiger partial charge in [0.15, 0.2) is 0 Å². The van der Waals surface area contributed by atoms with Gasteiger partial charge in [0.25, 0.3) is 5.91 Å². The van der Waals surface area contributed by atoms with E-state index in [2.05, 4.69) is 33.0 Å². The summed E-state index contributed by atoms with van der Waals surface area (Å²) in [7, 11) is 0. The Bertz CT molecular complexity index is 709. The zero-order valence-corrected chi connectivity index (χ0v) is 17.4. The van der Waals surface area contributed by atoms with Gasteiger partial charge in [-0.25, -0.2) is 4.39 Å². The summed E-state index contributed by atoms with van der Waals surface area (Å²) < 4.78 is 13.1. The van der Waals surface area contributed by atoms with Crippen LogP contribution < -0.4 is 5.32 Å². The van der Waals surface area contributed by atoms with Gasteiger partial charge in [-0.15, -0.1) is 0 Å². The van der Waals surface area contributed by atoms with Gasteiger partial charge in [-0.2, -0.15) is 0 Å². The summed E-state index contributed by atoms with van der Waals surface area (Å²) in [6.07, 6.45) is 2.26. The van der Waals surface area contributed by atoms with Crippen LogP contribution in [0.15, 0.2) is 24.3 Å². The molecule has 0 radical (unpaired) electrons. The van der Waals surface area contributed by atoms with Crippen LogP contribution in [0.5, 0.6) is 0 Å². The minimum atomic E-state index is -0.361. The maximum absolute atomic E-state index is 13.1. The number of amides is 2. The number of benzene rings is 1. The summed E-state index contributed by atoms with van der Waals surface area (Å²) in [6.45, 7) is 10.4. The molecule has 6 heteroatoms. The molecule has 3 rings (SSSR count). The van der Waals surface area contributed by atoms with Crippen molar-refractivity contribution in [3.8, 4) is 0 Å². The molecule has 0 saturated carbocycles. The molecular formula is C22H32FN3O2. The molecule has 1 N–H and O–H groups in total. The molecule has 2 heterocycles. The largest absolute Gasteiger partial charge is 0.338 e. The zero-order chi connectivity index (χ0) is 20.5. The second kappa shape index (κ2) is 8.19. The molecule has 2 aliphatic heterocycles. The van der Waals surface area contributed by atoms with Crippen LogP contribution in [0.3, 0.4) is 0 Å². The average molecular weight is 390 g/mol. The van der Waals surface area contributed by atoms with Crippen LogP contribution >= 0.6 is 0 Å². The number of piperidine rings is 1. The molecule has 0 unspecified atom stereocenters. The molecule has 1 aromatic carbocycles. The van der Waals surface area contributed by atoms with E-state index in [9.17, 15) is 14.0 Å². The number of hydrogen-bond donors (Lipinski definition) is 1. The SMILES string of the molecule is CC(C)C[C@@H]1NC2(CCN(C(=O)c3ccc(F)cc3)CC2)N(CC(C)C)C1=O. The molecule has 0 bridgehead atoms. The van der Waals surface area contributed by atoms with E-state index >= 15 is 0 Å². The molecule has 2 aliphatic rings. The van der Waals surface area contributed by atoms with Gasteiger partial charge in [-0.05, 0) is 42.5 Å². The summed E-state index contributed by atoms with van der Waals surface area (Å²) in [5.41, 5.74) is 0.144. The lowest BCUT2D eigenvalue weighted by Crippen LogP contribution is -2.60. The molecule has 28 heavy (non-hydrogen) atoms. The first kappa shape index (κ1) is 20.8. The maximum atomic E-state index is 13.1. The van der Waals surface area contributed by atoms with E-state index in [0.29, 0.717) is 43.3 Å². The fraction of sp³-hybridized carbons (Fsp3) is 0.636. The Hall–Kier alpha value is -1.95.